The number of thiazole rings is 1. The molecule has 100 valence electrons. The van der Waals surface area contributed by atoms with Crippen molar-refractivity contribution in [2.75, 3.05) is 5.73 Å². The molecule has 0 aliphatic carbocycles. The van der Waals surface area contributed by atoms with E-state index in [1.165, 1.54) is 0 Å². The maximum absolute atomic E-state index is 5.73. The van der Waals surface area contributed by atoms with Gasteiger partial charge >= 0.3 is 0 Å². The second-order valence-electron chi connectivity index (χ2n) is 4.29. The number of aromatic nitrogens is 2. The quantitative estimate of drug-likeness (QED) is 0.792. The van der Waals surface area contributed by atoms with Crippen LogP contribution in [0.15, 0.2) is 48.0 Å². The zero-order valence-electron chi connectivity index (χ0n) is 10.9. The van der Waals surface area contributed by atoms with E-state index in [-0.39, 0.29) is 0 Å². The second-order valence-corrected chi connectivity index (χ2v) is 5.18. The lowest BCUT2D eigenvalue weighted by atomic mass is 10.2. The predicted molar refractivity (Wildman–Crippen MR) is 81.0 cm³/mol. The maximum atomic E-state index is 5.73. The number of nitrogens with two attached hydrogens (primary N) is 1. The minimum atomic E-state index is 0.540. The fraction of sp³-hybridized carbons (Fsp3) is 0.0667. The van der Waals surface area contributed by atoms with Gasteiger partial charge in [0.15, 0.2) is 0 Å². The molecule has 0 atom stereocenters. The van der Waals surface area contributed by atoms with Gasteiger partial charge in [0.1, 0.15) is 10.8 Å². The first-order valence-electron chi connectivity index (χ1n) is 6.13. The number of pyridine rings is 1. The number of anilines is 1. The van der Waals surface area contributed by atoms with E-state index >= 15 is 0 Å². The van der Waals surface area contributed by atoms with E-state index in [2.05, 4.69) is 9.97 Å². The topological polar surface area (TPSA) is 61.0 Å². The summed E-state index contributed by atoms with van der Waals surface area (Å²) in [6, 6.07) is 11.3. The number of nitrogens with zero attached hydrogens (tertiary/aromatic N) is 2. The van der Waals surface area contributed by atoms with Crippen LogP contribution in [0, 0.1) is 6.92 Å². The zero-order valence-corrected chi connectivity index (χ0v) is 11.7. The van der Waals surface area contributed by atoms with Gasteiger partial charge in [-0.05, 0) is 37.3 Å². The Hall–Kier alpha value is -2.40. The number of nitrogen functional groups attached to an aromatic ring is 1. The zero-order chi connectivity index (χ0) is 13.9. The van der Waals surface area contributed by atoms with E-state index in [0.717, 1.165) is 22.0 Å². The van der Waals surface area contributed by atoms with Gasteiger partial charge in [-0.25, -0.2) is 9.97 Å². The molecule has 3 rings (SSSR count). The summed E-state index contributed by atoms with van der Waals surface area (Å²) in [6.07, 6.45) is 1.80. The molecule has 0 aliphatic heterocycles. The normalized spacial score (nSPS) is 10.4. The Bertz CT molecular complexity index is 708. The highest BCUT2D eigenvalue weighted by Crippen LogP contribution is 2.26. The SMILES string of the molecule is Cc1nc(Oc2ccc(-c3nccs3)cc2)ccc1N. The van der Waals surface area contributed by atoms with E-state index in [1.54, 1.807) is 29.7 Å². The maximum Gasteiger partial charge on any atom is 0.219 e. The number of hydrogen-bond acceptors (Lipinski definition) is 5. The lowest BCUT2D eigenvalue weighted by Gasteiger charge is -2.07. The molecule has 5 heteroatoms. The molecular formula is C15H13N3OS. The van der Waals surface area contributed by atoms with Gasteiger partial charge in [0.25, 0.3) is 0 Å². The van der Waals surface area contributed by atoms with Gasteiger partial charge in [0.2, 0.25) is 5.88 Å². The third-order valence-electron chi connectivity index (χ3n) is 2.86. The van der Waals surface area contributed by atoms with E-state index in [4.69, 9.17) is 10.5 Å². The number of ether oxygens (including phenoxy) is 1. The third kappa shape index (κ3) is 2.62. The van der Waals surface area contributed by atoms with Crippen LogP contribution in [0.5, 0.6) is 11.6 Å². The van der Waals surface area contributed by atoms with Crippen molar-refractivity contribution in [1.29, 1.82) is 0 Å². The summed E-state index contributed by atoms with van der Waals surface area (Å²) in [4.78, 5) is 8.56. The smallest absolute Gasteiger partial charge is 0.219 e. The van der Waals surface area contributed by atoms with E-state index in [1.807, 2.05) is 36.6 Å². The number of hydrogen-bond donors (Lipinski definition) is 1. The first-order valence-corrected chi connectivity index (χ1v) is 7.01. The number of rotatable bonds is 3. The van der Waals surface area contributed by atoms with Gasteiger partial charge < -0.3 is 10.5 Å². The monoisotopic (exact) mass is 283 g/mol. The molecule has 0 saturated carbocycles. The van der Waals surface area contributed by atoms with Crippen molar-refractivity contribution in [3.8, 4) is 22.2 Å². The molecule has 2 N–H and O–H groups in total. The molecule has 2 aromatic heterocycles. The summed E-state index contributed by atoms with van der Waals surface area (Å²) >= 11 is 1.61. The van der Waals surface area contributed by atoms with Crippen LogP contribution in [0.2, 0.25) is 0 Å². The Kier molecular flexibility index (Phi) is 3.35. The van der Waals surface area contributed by atoms with Gasteiger partial charge in [-0.2, -0.15) is 0 Å². The average molecular weight is 283 g/mol. The van der Waals surface area contributed by atoms with Gasteiger partial charge in [0.05, 0.1) is 11.4 Å². The third-order valence-corrected chi connectivity index (χ3v) is 3.68. The van der Waals surface area contributed by atoms with E-state index in [9.17, 15) is 0 Å². The first kappa shape index (κ1) is 12.6. The minimum Gasteiger partial charge on any atom is -0.439 e. The van der Waals surface area contributed by atoms with Crippen molar-refractivity contribution >= 4 is 17.0 Å². The highest BCUT2D eigenvalue weighted by atomic mass is 32.1. The molecule has 0 fully saturated rings. The lowest BCUT2D eigenvalue weighted by molar-refractivity contribution is 0.462. The number of aryl methyl sites for hydroxylation is 1. The Labute approximate surface area is 120 Å². The minimum absolute atomic E-state index is 0.540. The second kappa shape index (κ2) is 5.30. The van der Waals surface area contributed by atoms with Crippen LogP contribution in [0.1, 0.15) is 5.69 Å². The van der Waals surface area contributed by atoms with Crippen LogP contribution < -0.4 is 10.5 Å². The van der Waals surface area contributed by atoms with Crippen LogP contribution in [-0.4, -0.2) is 9.97 Å². The molecule has 4 nitrogen and oxygen atoms in total. The molecule has 1 aromatic carbocycles. The molecule has 3 aromatic rings. The van der Waals surface area contributed by atoms with Crippen LogP contribution in [0.25, 0.3) is 10.6 Å². The molecule has 2 heterocycles. The Balaban J connectivity index is 1.79. The van der Waals surface area contributed by atoms with E-state index < -0.39 is 0 Å². The lowest BCUT2D eigenvalue weighted by Crippen LogP contribution is -1.95. The van der Waals surface area contributed by atoms with Crippen molar-refractivity contribution in [3.05, 3.63) is 53.7 Å². The van der Waals surface area contributed by atoms with E-state index in [0.29, 0.717) is 11.6 Å². The molecule has 20 heavy (non-hydrogen) atoms. The molecule has 0 amide bonds. The molecular weight excluding hydrogens is 270 g/mol. The molecule has 0 radical (unpaired) electrons. The van der Waals surface area contributed by atoms with Crippen LogP contribution >= 0.6 is 11.3 Å². The van der Waals surface area contributed by atoms with Crippen LogP contribution in [-0.2, 0) is 0 Å². The predicted octanol–water partition coefficient (Wildman–Crippen LogP) is 3.89. The van der Waals surface area contributed by atoms with Crippen molar-refractivity contribution in [1.82, 2.24) is 9.97 Å². The van der Waals surface area contributed by atoms with Crippen molar-refractivity contribution in [3.63, 3.8) is 0 Å². The molecule has 0 spiro atoms. The molecule has 0 saturated heterocycles. The van der Waals surface area contributed by atoms with Crippen LogP contribution in [0.3, 0.4) is 0 Å². The average Bonchev–Trinajstić information content (AvgIpc) is 2.98. The number of benzene rings is 1. The Morgan fingerprint density at radius 1 is 1.10 bits per heavy atom. The summed E-state index contributed by atoms with van der Waals surface area (Å²) in [5.41, 5.74) is 8.24. The summed E-state index contributed by atoms with van der Waals surface area (Å²) in [7, 11) is 0. The summed E-state index contributed by atoms with van der Waals surface area (Å²) in [5, 5.41) is 2.96. The van der Waals surface area contributed by atoms with Crippen molar-refractivity contribution in [2.24, 2.45) is 0 Å². The summed E-state index contributed by atoms with van der Waals surface area (Å²) in [5.74, 6) is 1.28. The largest absolute Gasteiger partial charge is 0.439 e. The van der Waals surface area contributed by atoms with Gasteiger partial charge in [-0.3, -0.25) is 0 Å². The van der Waals surface area contributed by atoms with Gasteiger partial charge in [0, 0.05) is 23.2 Å². The van der Waals surface area contributed by atoms with Crippen molar-refractivity contribution < 1.29 is 4.74 Å². The summed E-state index contributed by atoms with van der Waals surface area (Å²) < 4.78 is 5.70. The fourth-order valence-electron chi connectivity index (χ4n) is 1.76. The Morgan fingerprint density at radius 2 is 1.90 bits per heavy atom. The standard InChI is InChI=1S/C15H13N3OS/c1-10-13(16)6-7-14(18-10)19-12-4-2-11(3-5-12)15-17-8-9-20-15/h2-9H,16H2,1H3. The van der Waals surface area contributed by atoms with Gasteiger partial charge in [-0.1, -0.05) is 0 Å². The van der Waals surface area contributed by atoms with Crippen molar-refractivity contribution in [2.45, 2.75) is 6.92 Å². The highest BCUT2D eigenvalue weighted by molar-refractivity contribution is 7.13. The Morgan fingerprint density at radius 3 is 2.55 bits per heavy atom. The highest BCUT2D eigenvalue weighted by Gasteiger charge is 2.03. The molecule has 0 bridgehead atoms. The van der Waals surface area contributed by atoms with Crippen LogP contribution in [0.4, 0.5) is 5.69 Å². The fourth-order valence-corrected chi connectivity index (χ4v) is 2.40. The molecule has 0 aliphatic rings. The summed E-state index contributed by atoms with van der Waals surface area (Å²) in [6.45, 7) is 1.85. The molecule has 0 unspecified atom stereocenters. The van der Waals surface area contributed by atoms with Gasteiger partial charge in [-0.15, -0.1) is 11.3 Å². The first-order chi connectivity index (χ1) is 9.72.